The normalized spacial score (nSPS) is 12.4. The van der Waals surface area contributed by atoms with Gasteiger partial charge in [0.25, 0.3) is 0 Å². The Morgan fingerprint density at radius 3 is 1.94 bits per heavy atom. The summed E-state index contributed by atoms with van der Waals surface area (Å²) >= 11 is 7.33. The molecule has 0 bridgehead atoms. The molecule has 1 aromatic rings. The van der Waals surface area contributed by atoms with Crippen LogP contribution in [0, 0.1) is 23.7 Å². The van der Waals surface area contributed by atoms with E-state index in [4.69, 9.17) is 14.2 Å². The second-order valence-electron chi connectivity index (χ2n) is 9.13. The summed E-state index contributed by atoms with van der Waals surface area (Å²) in [6.07, 6.45) is -0.269. The fourth-order valence-electron chi connectivity index (χ4n) is 4.31. The van der Waals surface area contributed by atoms with Crippen LogP contribution in [-0.2, 0) is 14.3 Å². The number of nitrogens with one attached hydrogen (secondary N) is 1. The molecule has 0 aliphatic rings. The fourth-order valence-corrected chi connectivity index (χ4v) is 5.76. The molecule has 0 spiro atoms. The SMILES string of the molecule is CCC(=O)OCCNC(=O)OCCOc1c(Br)cc(C(C(C)C)C(C(C)C)C(C)C)cc1Br. The van der Waals surface area contributed by atoms with Crippen LogP contribution in [0.5, 0.6) is 5.75 Å². The Labute approximate surface area is 215 Å². The maximum absolute atomic E-state index is 11.7. The van der Waals surface area contributed by atoms with E-state index < -0.39 is 6.09 Å². The van der Waals surface area contributed by atoms with Crippen LogP contribution in [0.25, 0.3) is 0 Å². The zero-order chi connectivity index (χ0) is 25.1. The molecule has 188 valence electrons. The molecule has 1 unspecified atom stereocenters. The lowest BCUT2D eigenvalue weighted by Gasteiger charge is -2.37. The molecule has 0 heterocycles. The number of carbonyl (C=O) groups excluding carboxylic acids is 2. The lowest BCUT2D eigenvalue weighted by Crippen LogP contribution is -2.29. The maximum Gasteiger partial charge on any atom is 0.407 e. The maximum atomic E-state index is 11.7. The Bertz CT molecular complexity index is 736. The van der Waals surface area contributed by atoms with Gasteiger partial charge in [-0.25, -0.2) is 4.79 Å². The van der Waals surface area contributed by atoms with Gasteiger partial charge in [0.1, 0.15) is 25.6 Å². The number of ether oxygens (including phenoxy) is 3. The van der Waals surface area contributed by atoms with Crippen LogP contribution in [0.4, 0.5) is 4.79 Å². The zero-order valence-electron chi connectivity index (χ0n) is 20.9. The molecule has 8 heteroatoms. The van der Waals surface area contributed by atoms with E-state index in [1.54, 1.807) is 6.92 Å². The molecule has 6 nitrogen and oxygen atoms in total. The Hall–Kier alpha value is -1.28. The monoisotopic (exact) mass is 591 g/mol. The summed E-state index contributed by atoms with van der Waals surface area (Å²) < 4.78 is 17.6. The van der Waals surface area contributed by atoms with E-state index >= 15 is 0 Å². The van der Waals surface area contributed by atoms with E-state index in [1.165, 1.54) is 5.56 Å². The second-order valence-corrected chi connectivity index (χ2v) is 10.8. The molecule has 0 saturated heterocycles. The minimum Gasteiger partial charge on any atom is -0.488 e. The highest BCUT2D eigenvalue weighted by atomic mass is 79.9. The Balaban J connectivity index is 2.69. The minimum atomic E-state index is -0.576. The number of amides is 1. The number of alkyl carbamates (subject to hydrolysis) is 1. The standard InChI is InChI=1S/C25H39Br2NO5/c1-8-21(29)31-10-9-28-25(30)33-12-11-32-24-19(26)13-18(14-20(24)27)23(17(6)7)22(15(2)3)16(4)5/h13-17,22-23H,8-12H2,1-7H3,(H,28,30). The predicted molar refractivity (Wildman–Crippen MR) is 139 cm³/mol. The van der Waals surface area contributed by atoms with E-state index in [0.29, 0.717) is 41.8 Å². The largest absolute Gasteiger partial charge is 0.488 e. The Morgan fingerprint density at radius 1 is 0.879 bits per heavy atom. The zero-order valence-corrected chi connectivity index (χ0v) is 24.0. The van der Waals surface area contributed by atoms with Crippen molar-refractivity contribution in [3.63, 3.8) is 0 Å². The van der Waals surface area contributed by atoms with Crippen molar-refractivity contribution in [3.8, 4) is 5.75 Å². The van der Waals surface area contributed by atoms with E-state index in [1.807, 2.05) is 0 Å². The van der Waals surface area contributed by atoms with Gasteiger partial charge in [-0.3, -0.25) is 4.79 Å². The smallest absolute Gasteiger partial charge is 0.407 e. The molecule has 0 fully saturated rings. The van der Waals surface area contributed by atoms with E-state index in [0.717, 1.165) is 8.95 Å². The lowest BCUT2D eigenvalue weighted by atomic mass is 9.68. The summed E-state index contributed by atoms with van der Waals surface area (Å²) in [6.45, 7) is 16.1. The van der Waals surface area contributed by atoms with Crippen LogP contribution in [0.15, 0.2) is 21.1 Å². The average molecular weight is 593 g/mol. The molecule has 0 aromatic heterocycles. The lowest BCUT2D eigenvalue weighted by molar-refractivity contribution is -0.143. The van der Waals surface area contributed by atoms with Gasteiger partial charge < -0.3 is 19.5 Å². The molecular weight excluding hydrogens is 554 g/mol. The molecule has 0 aliphatic heterocycles. The van der Waals surface area contributed by atoms with E-state index in [-0.39, 0.29) is 32.3 Å². The third-order valence-electron chi connectivity index (χ3n) is 5.56. The predicted octanol–water partition coefficient (Wildman–Crippen LogP) is 6.94. The first-order valence-electron chi connectivity index (χ1n) is 11.7. The summed E-state index contributed by atoms with van der Waals surface area (Å²) in [5.74, 6) is 3.03. The van der Waals surface area contributed by atoms with Crippen LogP contribution in [0.1, 0.15) is 66.4 Å². The highest BCUT2D eigenvalue weighted by Gasteiger charge is 2.31. The third kappa shape index (κ3) is 9.85. The van der Waals surface area contributed by atoms with Gasteiger partial charge >= 0.3 is 12.1 Å². The summed E-state index contributed by atoms with van der Waals surface area (Å²) in [4.78, 5) is 22.8. The molecule has 1 atom stereocenters. The van der Waals surface area contributed by atoms with Gasteiger partial charge in [0, 0.05) is 6.42 Å². The molecular formula is C25H39Br2NO5. The van der Waals surface area contributed by atoms with Crippen molar-refractivity contribution in [1.82, 2.24) is 5.32 Å². The van der Waals surface area contributed by atoms with Crippen LogP contribution in [-0.4, -0.2) is 38.4 Å². The topological polar surface area (TPSA) is 73.9 Å². The number of carbonyl (C=O) groups is 2. The molecule has 0 radical (unpaired) electrons. The number of esters is 1. The Kier molecular flexibility index (Phi) is 13.4. The first kappa shape index (κ1) is 29.8. The van der Waals surface area contributed by atoms with Crippen LogP contribution in [0.2, 0.25) is 0 Å². The van der Waals surface area contributed by atoms with Crippen molar-refractivity contribution in [2.24, 2.45) is 23.7 Å². The Morgan fingerprint density at radius 2 is 1.45 bits per heavy atom. The first-order chi connectivity index (χ1) is 15.5. The first-order valence-corrected chi connectivity index (χ1v) is 13.3. The highest BCUT2D eigenvalue weighted by Crippen LogP contribution is 2.44. The van der Waals surface area contributed by atoms with Gasteiger partial charge in [-0.2, -0.15) is 0 Å². The molecule has 0 saturated carbocycles. The van der Waals surface area contributed by atoms with Crippen molar-refractivity contribution in [1.29, 1.82) is 0 Å². The molecule has 1 N–H and O–H groups in total. The minimum absolute atomic E-state index is 0.0958. The van der Waals surface area contributed by atoms with Gasteiger partial charge in [-0.15, -0.1) is 0 Å². The summed E-state index contributed by atoms with van der Waals surface area (Å²) in [6, 6.07) is 4.29. The van der Waals surface area contributed by atoms with Gasteiger partial charge in [0.2, 0.25) is 0 Å². The number of rotatable bonds is 13. The summed E-state index contributed by atoms with van der Waals surface area (Å²) in [5.41, 5.74) is 1.28. The second kappa shape index (κ2) is 14.9. The van der Waals surface area contributed by atoms with Crippen LogP contribution >= 0.6 is 31.9 Å². The van der Waals surface area contributed by atoms with Crippen LogP contribution < -0.4 is 10.1 Å². The van der Waals surface area contributed by atoms with E-state index in [9.17, 15) is 9.59 Å². The number of benzene rings is 1. The number of hydrogen-bond acceptors (Lipinski definition) is 5. The van der Waals surface area contributed by atoms with Crippen molar-refractivity contribution in [2.45, 2.75) is 60.8 Å². The summed E-state index contributed by atoms with van der Waals surface area (Å²) in [7, 11) is 0. The van der Waals surface area contributed by atoms with Crippen LogP contribution in [0.3, 0.4) is 0 Å². The van der Waals surface area contributed by atoms with Crippen molar-refractivity contribution in [2.75, 3.05) is 26.4 Å². The number of hydrogen-bond donors (Lipinski definition) is 1. The third-order valence-corrected chi connectivity index (χ3v) is 6.74. The molecule has 1 rings (SSSR count). The van der Waals surface area contributed by atoms with Crippen molar-refractivity contribution >= 4 is 43.9 Å². The summed E-state index contributed by atoms with van der Waals surface area (Å²) in [5, 5.41) is 2.53. The molecule has 33 heavy (non-hydrogen) atoms. The van der Waals surface area contributed by atoms with Gasteiger partial charge in [-0.1, -0.05) is 48.5 Å². The van der Waals surface area contributed by atoms with Gasteiger partial charge in [-0.05, 0) is 79.1 Å². The van der Waals surface area contributed by atoms with E-state index in [2.05, 4.69) is 90.9 Å². The average Bonchev–Trinajstić information content (AvgIpc) is 2.72. The highest BCUT2D eigenvalue weighted by molar-refractivity contribution is 9.11. The number of halogens is 2. The fraction of sp³-hybridized carbons (Fsp3) is 0.680. The van der Waals surface area contributed by atoms with Crippen molar-refractivity contribution < 1.29 is 23.8 Å². The quantitative estimate of drug-likeness (QED) is 0.198. The molecule has 1 amide bonds. The molecule has 0 aliphatic carbocycles. The van der Waals surface area contributed by atoms with Gasteiger partial charge in [0.15, 0.2) is 0 Å². The van der Waals surface area contributed by atoms with Crippen molar-refractivity contribution in [3.05, 3.63) is 26.6 Å². The molecule has 1 aromatic carbocycles. The van der Waals surface area contributed by atoms with Gasteiger partial charge in [0.05, 0.1) is 15.5 Å².